The van der Waals surface area contributed by atoms with Crippen LogP contribution in [-0.4, -0.2) is 69.6 Å². The van der Waals surface area contributed by atoms with E-state index in [0.717, 1.165) is 6.42 Å². The van der Waals surface area contributed by atoms with Crippen LogP contribution in [-0.2, 0) is 4.74 Å². The number of ether oxygens (including phenoxy) is 1. The molecule has 3 atom stereocenters. The highest BCUT2D eigenvalue weighted by atomic mass is 19.4. The van der Waals surface area contributed by atoms with E-state index >= 15 is 0 Å². The predicted octanol–water partition coefficient (Wildman–Crippen LogP) is 3.63. The summed E-state index contributed by atoms with van der Waals surface area (Å²) in [5.74, 6) is 0.144. The van der Waals surface area contributed by atoms with Crippen LogP contribution in [0.5, 0.6) is 0 Å². The van der Waals surface area contributed by atoms with Gasteiger partial charge >= 0.3 is 12.2 Å². The number of urea groups is 1. The van der Waals surface area contributed by atoms with Crippen molar-refractivity contribution in [3.8, 4) is 11.4 Å². The summed E-state index contributed by atoms with van der Waals surface area (Å²) in [5, 5.41) is 12.0. The van der Waals surface area contributed by atoms with E-state index in [1.807, 2.05) is 0 Å². The first-order valence-corrected chi connectivity index (χ1v) is 11.1. The van der Waals surface area contributed by atoms with Crippen LogP contribution >= 0.6 is 0 Å². The molecule has 3 unspecified atom stereocenters. The molecule has 2 fully saturated rings. The van der Waals surface area contributed by atoms with Gasteiger partial charge in [0.25, 0.3) is 0 Å². The second-order valence-corrected chi connectivity index (χ2v) is 8.51. The molecule has 2 saturated heterocycles. The lowest BCUT2D eigenvalue weighted by Crippen LogP contribution is -2.58. The minimum atomic E-state index is -4.55. The number of hydrogen-bond donors (Lipinski definition) is 3. The Kier molecular flexibility index (Phi) is 5.86. The molecule has 2 amide bonds. The number of aromatic amines is 1. The van der Waals surface area contributed by atoms with E-state index in [1.165, 1.54) is 13.2 Å². The Labute approximate surface area is 193 Å². The Morgan fingerprint density at radius 2 is 1.88 bits per heavy atom. The average molecular weight is 475 g/mol. The fraction of sp³-hybridized carbons (Fsp3) is 0.455. The molecule has 12 heteroatoms. The summed E-state index contributed by atoms with van der Waals surface area (Å²) in [5.41, 5.74) is 1.16. The molecule has 3 aromatic rings. The number of nitrogens with one attached hydrogen (secondary N) is 3. The molecule has 0 spiro atoms. The van der Waals surface area contributed by atoms with Crippen LogP contribution in [0.2, 0.25) is 0 Å². The van der Waals surface area contributed by atoms with Crippen LogP contribution < -0.4 is 10.6 Å². The third-order valence-corrected chi connectivity index (χ3v) is 6.37. The average Bonchev–Trinajstić information content (AvgIpc) is 3.27. The van der Waals surface area contributed by atoms with Crippen molar-refractivity contribution in [2.24, 2.45) is 0 Å². The molecular weight excluding hydrogens is 451 g/mol. The Bertz CT molecular complexity index is 1160. The smallest absolute Gasteiger partial charge is 0.378 e. The number of nitrogens with zero attached hydrogens (tertiary/aromatic N) is 4. The monoisotopic (exact) mass is 475 g/mol. The zero-order valence-electron chi connectivity index (χ0n) is 18.4. The maximum absolute atomic E-state index is 14.7. The summed E-state index contributed by atoms with van der Waals surface area (Å²) < 4.78 is 49.5. The number of piperidine rings is 1. The van der Waals surface area contributed by atoms with Gasteiger partial charge < -0.3 is 15.4 Å². The van der Waals surface area contributed by atoms with Crippen LogP contribution in [0.25, 0.3) is 22.4 Å². The van der Waals surface area contributed by atoms with E-state index in [2.05, 4.69) is 30.8 Å². The molecule has 2 aliphatic rings. The molecule has 2 bridgehead atoms. The Morgan fingerprint density at radius 3 is 2.53 bits per heavy atom. The maximum atomic E-state index is 14.7. The number of amides is 2. The van der Waals surface area contributed by atoms with Gasteiger partial charge in [-0.05, 0) is 37.1 Å². The van der Waals surface area contributed by atoms with Gasteiger partial charge in [-0.3, -0.25) is 10.00 Å². The first-order valence-electron chi connectivity index (χ1n) is 11.1. The third-order valence-electron chi connectivity index (χ3n) is 6.37. The van der Waals surface area contributed by atoms with Crippen LogP contribution in [0, 0.1) is 0 Å². The molecule has 1 aromatic carbocycles. The summed E-state index contributed by atoms with van der Waals surface area (Å²) in [6.45, 7) is 0.546. The minimum absolute atomic E-state index is 0.118. The SMILES string of the molecule is CNC(=O)Nc1ccc(-c2nc(C(N3C4CCCC3COC4)C(F)(F)F)c3cn[nH]c3n2)cc1. The number of rotatable bonds is 4. The topological polar surface area (TPSA) is 108 Å². The number of carbonyl (C=O) groups excluding carboxylic acids is 1. The second-order valence-electron chi connectivity index (χ2n) is 8.51. The molecule has 5 rings (SSSR count). The van der Waals surface area contributed by atoms with Crippen molar-refractivity contribution in [2.45, 2.75) is 43.6 Å². The summed E-state index contributed by atoms with van der Waals surface area (Å²) in [7, 11) is 1.50. The van der Waals surface area contributed by atoms with Crippen molar-refractivity contribution in [3.63, 3.8) is 0 Å². The fourth-order valence-corrected chi connectivity index (χ4v) is 4.84. The maximum Gasteiger partial charge on any atom is 0.409 e. The largest absolute Gasteiger partial charge is 0.409 e. The molecule has 2 aliphatic heterocycles. The number of aromatic nitrogens is 4. The van der Waals surface area contributed by atoms with Gasteiger partial charge in [-0.15, -0.1) is 0 Å². The van der Waals surface area contributed by atoms with Gasteiger partial charge in [-0.25, -0.2) is 14.8 Å². The highest BCUT2D eigenvalue weighted by Crippen LogP contribution is 2.45. The van der Waals surface area contributed by atoms with Gasteiger partial charge in [0.05, 0.1) is 30.5 Å². The Balaban J connectivity index is 1.58. The molecule has 2 aromatic heterocycles. The number of H-pyrrole nitrogens is 1. The first-order chi connectivity index (χ1) is 16.3. The number of morpholine rings is 1. The molecule has 9 nitrogen and oxygen atoms in total. The second kappa shape index (κ2) is 8.84. The van der Waals surface area contributed by atoms with E-state index in [4.69, 9.17) is 4.74 Å². The minimum Gasteiger partial charge on any atom is -0.378 e. The fourth-order valence-electron chi connectivity index (χ4n) is 4.84. The zero-order valence-corrected chi connectivity index (χ0v) is 18.4. The molecule has 180 valence electrons. The zero-order chi connectivity index (χ0) is 23.9. The van der Waals surface area contributed by atoms with Gasteiger partial charge in [0.15, 0.2) is 17.5 Å². The van der Waals surface area contributed by atoms with Crippen molar-refractivity contribution >= 4 is 22.8 Å². The van der Waals surface area contributed by atoms with Gasteiger partial charge in [0, 0.05) is 30.4 Å². The van der Waals surface area contributed by atoms with Gasteiger partial charge in [0.1, 0.15) is 0 Å². The van der Waals surface area contributed by atoms with Gasteiger partial charge in [-0.1, -0.05) is 6.42 Å². The Morgan fingerprint density at radius 1 is 1.18 bits per heavy atom. The summed E-state index contributed by atoms with van der Waals surface area (Å²) in [6.07, 6.45) is -1.03. The molecule has 3 N–H and O–H groups in total. The highest BCUT2D eigenvalue weighted by molar-refractivity contribution is 5.89. The quantitative estimate of drug-likeness (QED) is 0.532. The third kappa shape index (κ3) is 4.18. The van der Waals surface area contributed by atoms with Crippen LogP contribution in [0.15, 0.2) is 30.5 Å². The molecule has 34 heavy (non-hydrogen) atoms. The lowest BCUT2D eigenvalue weighted by Gasteiger charge is -2.49. The van der Waals surface area contributed by atoms with Crippen LogP contribution in [0.4, 0.5) is 23.7 Å². The Hall–Kier alpha value is -3.25. The van der Waals surface area contributed by atoms with Crippen molar-refractivity contribution in [3.05, 3.63) is 36.2 Å². The number of benzene rings is 1. The number of anilines is 1. The van der Waals surface area contributed by atoms with Crippen molar-refractivity contribution in [1.29, 1.82) is 0 Å². The predicted molar refractivity (Wildman–Crippen MR) is 118 cm³/mol. The summed E-state index contributed by atoms with van der Waals surface area (Å²) >= 11 is 0. The number of alkyl halides is 3. The molecule has 0 aliphatic carbocycles. The van der Waals surface area contributed by atoms with Crippen LogP contribution in [0.1, 0.15) is 31.0 Å². The normalized spacial score (nSPS) is 21.9. The number of hydrogen-bond acceptors (Lipinski definition) is 6. The van der Waals surface area contributed by atoms with Crippen molar-refractivity contribution in [2.75, 3.05) is 25.6 Å². The summed E-state index contributed by atoms with van der Waals surface area (Å²) in [4.78, 5) is 21.9. The molecular formula is C22H24F3N7O2. The van der Waals surface area contributed by atoms with Crippen LogP contribution in [0.3, 0.4) is 0 Å². The van der Waals surface area contributed by atoms with Gasteiger partial charge in [-0.2, -0.15) is 18.3 Å². The molecule has 4 heterocycles. The van der Waals surface area contributed by atoms with E-state index in [-0.39, 0.29) is 53.9 Å². The number of halogens is 3. The van der Waals surface area contributed by atoms with E-state index in [1.54, 1.807) is 29.2 Å². The first kappa shape index (κ1) is 22.5. The van der Waals surface area contributed by atoms with Crippen molar-refractivity contribution < 1.29 is 22.7 Å². The number of carbonyl (C=O) groups is 1. The highest BCUT2D eigenvalue weighted by Gasteiger charge is 2.52. The summed E-state index contributed by atoms with van der Waals surface area (Å²) in [6, 6.07) is 3.65. The van der Waals surface area contributed by atoms with E-state index in [0.29, 0.717) is 24.1 Å². The van der Waals surface area contributed by atoms with Gasteiger partial charge in [0.2, 0.25) is 0 Å². The lowest BCUT2D eigenvalue weighted by molar-refractivity contribution is -0.222. The lowest BCUT2D eigenvalue weighted by atomic mass is 9.90. The molecule has 0 saturated carbocycles. The number of fused-ring (bicyclic) bond motifs is 3. The van der Waals surface area contributed by atoms with E-state index < -0.39 is 12.2 Å². The van der Waals surface area contributed by atoms with Crippen molar-refractivity contribution in [1.82, 2.24) is 30.4 Å². The molecule has 0 radical (unpaired) electrons. The standard InChI is InChI=1S/C22H24F3N7O2/c1-26-21(33)28-13-7-5-12(6-8-13)19-29-17(16-9-27-31-20(16)30-19)18(22(23,24)25)32-14-3-2-4-15(32)11-34-10-14/h5-9,14-15,18H,2-4,10-11H2,1H3,(H2,26,28,33)(H,27,29,30,31). The van der Waals surface area contributed by atoms with E-state index in [9.17, 15) is 18.0 Å².